The van der Waals surface area contributed by atoms with Crippen LogP contribution in [0.2, 0.25) is 0 Å². The summed E-state index contributed by atoms with van der Waals surface area (Å²) in [5.41, 5.74) is 0. The van der Waals surface area contributed by atoms with Crippen molar-refractivity contribution in [2.45, 2.75) is 39.0 Å². The lowest BCUT2D eigenvalue weighted by Gasteiger charge is -2.33. The standard InChI is InChI=1S/C24H39N5O9.C23H35N5O9/c1-20-13-22(33)29(24(20)36)4-2-3-21(32)14-25-5-6-26(15-23(34)35)8-10-28(17-38-19-31)12-11-27(9-7-25)16-37-18-30;29-18-36-16-26-10-8-24(14-20(31)2-1-5-28-21(32)3-4-22(28)33)6-7-25(15-23(34)35)9-11-27(13-12-26)17-37-19-30/h18-20H,2-17H2,1H3,(H,34,35);3-4,18-19H,1-2,5-17H2,(H,34,35). The fraction of sp³-hybridized carbons (Fsp3) is 0.702. The number of carboxylic acid groups (broad SMARTS) is 2. The van der Waals surface area contributed by atoms with Crippen LogP contribution in [0.15, 0.2) is 12.2 Å². The topological polar surface area (TPSA) is 315 Å². The monoisotopic (exact) mass is 1070 g/mol. The van der Waals surface area contributed by atoms with Gasteiger partial charge in [0.1, 0.15) is 38.5 Å². The third kappa shape index (κ3) is 25.8. The molecule has 2 N–H and O–H groups in total. The number of hydrogen-bond acceptors (Lipinski definition) is 24. The first kappa shape index (κ1) is 63.2. The summed E-state index contributed by atoms with van der Waals surface area (Å²) in [7, 11) is 0. The quantitative estimate of drug-likeness (QED) is 0.0430. The number of ketones is 2. The fourth-order valence-electron chi connectivity index (χ4n) is 8.49. The largest absolute Gasteiger partial charge is 0.480 e. The van der Waals surface area contributed by atoms with Gasteiger partial charge in [-0.2, -0.15) is 0 Å². The first-order valence-corrected chi connectivity index (χ1v) is 24.9. The van der Waals surface area contributed by atoms with Crippen LogP contribution in [0.25, 0.3) is 0 Å². The summed E-state index contributed by atoms with van der Waals surface area (Å²) >= 11 is 0. The van der Waals surface area contributed by atoms with Gasteiger partial charge in [-0.05, 0) is 12.8 Å². The highest BCUT2D eigenvalue weighted by Gasteiger charge is 2.35. The molecule has 1 unspecified atom stereocenters. The second-order valence-corrected chi connectivity index (χ2v) is 18.4. The van der Waals surface area contributed by atoms with E-state index in [9.17, 15) is 67.7 Å². The predicted molar refractivity (Wildman–Crippen MR) is 260 cm³/mol. The Hall–Kier alpha value is -6.14. The van der Waals surface area contributed by atoms with Crippen molar-refractivity contribution in [2.75, 3.05) is 171 Å². The van der Waals surface area contributed by atoms with Gasteiger partial charge in [-0.25, -0.2) is 0 Å². The number of likely N-dealkylation sites (tertiary alicyclic amines) is 1. The number of carbonyl (C=O) groups excluding carboxylic acids is 10. The molecule has 0 bridgehead atoms. The van der Waals surface area contributed by atoms with E-state index in [1.807, 2.05) is 29.4 Å². The van der Waals surface area contributed by atoms with Crippen LogP contribution in [0.3, 0.4) is 0 Å². The highest BCUT2D eigenvalue weighted by Crippen LogP contribution is 2.19. The van der Waals surface area contributed by atoms with Gasteiger partial charge in [-0.15, -0.1) is 0 Å². The normalized spacial score (nSPS) is 20.4. The predicted octanol–water partition coefficient (Wildman–Crippen LogP) is -3.87. The minimum Gasteiger partial charge on any atom is -0.480 e. The van der Waals surface area contributed by atoms with Crippen molar-refractivity contribution in [1.82, 2.24) is 49.0 Å². The van der Waals surface area contributed by atoms with E-state index in [-0.39, 0.29) is 127 Å². The molecule has 0 spiro atoms. The highest BCUT2D eigenvalue weighted by atomic mass is 16.5. The summed E-state index contributed by atoms with van der Waals surface area (Å²) < 4.78 is 19.6. The first-order chi connectivity index (χ1) is 36.0. The molecule has 0 aliphatic carbocycles. The Balaban J connectivity index is 0.000000395. The zero-order chi connectivity index (χ0) is 55.0. The molecule has 0 saturated carbocycles. The first-order valence-electron chi connectivity index (χ1n) is 24.9. The number of aliphatic carboxylic acids is 2. The second-order valence-electron chi connectivity index (χ2n) is 18.4. The van der Waals surface area contributed by atoms with Crippen molar-refractivity contribution >= 4 is 73.0 Å². The number of imide groups is 2. The van der Waals surface area contributed by atoms with Gasteiger partial charge in [0, 0.05) is 155 Å². The van der Waals surface area contributed by atoms with Gasteiger partial charge >= 0.3 is 11.9 Å². The van der Waals surface area contributed by atoms with Crippen LogP contribution in [-0.2, 0) is 76.5 Å². The van der Waals surface area contributed by atoms with Gasteiger partial charge in [0.05, 0.1) is 26.2 Å². The number of Topliss-reactive ketones (excluding diaryl/α,β-unsaturated/α-hetero) is 2. The van der Waals surface area contributed by atoms with Crippen molar-refractivity contribution in [3.8, 4) is 0 Å². The maximum atomic E-state index is 12.8. The van der Waals surface area contributed by atoms with E-state index in [4.69, 9.17) is 18.9 Å². The lowest BCUT2D eigenvalue weighted by atomic mass is 10.1. The van der Waals surface area contributed by atoms with Crippen molar-refractivity contribution in [3.05, 3.63) is 12.2 Å². The van der Waals surface area contributed by atoms with Crippen molar-refractivity contribution in [1.29, 1.82) is 0 Å². The van der Waals surface area contributed by atoms with Crippen LogP contribution >= 0.6 is 0 Å². The van der Waals surface area contributed by atoms with Crippen molar-refractivity contribution in [3.63, 3.8) is 0 Å². The molecule has 28 heteroatoms. The van der Waals surface area contributed by atoms with E-state index in [0.29, 0.717) is 143 Å². The fourth-order valence-corrected chi connectivity index (χ4v) is 8.49. The number of nitrogens with zero attached hydrogens (tertiary/aromatic N) is 10. The van der Waals surface area contributed by atoms with Crippen LogP contribution < -0.4 is 0 Å². The molecule has 4 aliphatic heterocycles. The summed E-state index contributed by atoms with van der Waals surface area (Å²) in [6.07, 6.45) is 3.77. The van der Waals surface area contributed by atoms with Crippen LogP contribution in [-0.4, -0.2) is 303 Å². The molecule has 4 amide bonds. The maximum absolute atomic E-state index is 12.8. The van der Waals surface area contributed by atoms with Crippen molar-refractivity contribution < 1.29 is 86.7 Å². The minimum absolute atomic E-state index is 0.0399. The Labute approximate surface area is 435 Å². The molecule has 0 aromatic heterocycles. The number of ether oxygens (including phenoxy) is 4. The van der Waals surface area contributed by atoms with Gasteiger partial charge < -0.3 is 29.2 Å². The summed E-state index contributed by atoms with van der Waals surface area (Å²) in [5, 5.41) is 18.7. The van der Waals surface area contributed by atoms with Crippen LogP contribution in [0.1, 0.15) is 39.0 Å². The van der Waals surface area contributed by atoms with E-state index in [1.54, 1.807) is 16.7 Å². The van der Waals surface area contributed by atoms with Crippen LogP contribution in [0, 0.1) is 5.92 Å². The van der Waals surface area contributed by atoms with Crippen LogP contribution in [0.5, 0.6) is 0 Å². The molecular weight excluding hydrogens is 993 g/mol. The summed E-state index contributed by atoms with van der Waals surface area (Å²) in [5.74, 6) is -3.51. The number of rotatable bonds is 28. The molecule has 28 nitrogen and oxygen atoms in total. The average molecular weight is 1070 g/mol. The SMILES string of the molecule is CC1CC(=O)N(CCCC(=O)CN2CCN(COC=O)CCN(COC=O)CCN(CC(=O)O)CC2)C1=O.O=COCN1CCN(COC=O)CCN(CC(=O)CCCN2C(=O)C=CC2=O)CCN(CC(=O)O)CC1. The summed E-state index contributed by atoms with van der Waals surface area (Å²) in [6.45, 7) is 11.0. The molecule has 0 aromatic carbocycles. The van der Waals surface area contributed by atoms with E-state index in [1.165, 1.54) is 17.1 Å². The molecule has 4 aliphatic rings. The lowest BCUT2D eigenvalue weighted by molar-refractivity contribution is -0.140. The molecule has 75 heavy (non-hydrogen) atoms. The van der Waals surface area contributed by atoms with Gasteiger partial charge in [0.25, 0.3) is 37.7 Å². The smallest absolute Gasteiger partial charge is 0.317 e. The number of carboxylic acids is 2. The van der Waals surface area contributed by atoms with E-state index >= 15 is 0 Å². The number of hydrogen-bond donors (Lipinski definition) is 2. The molecule has 420 valence electrons. The minimum atomic E-state index is -0.969. The molecule has 4 heterocycles. The average Bonchev–Trinajstić information content (AvgIpc) is 3.82. The van der Waals surface area contributed by atoms with Gasteiger partial charge in [-0.3, -0.25) is 107 Å². The summed E-state index contributed by atoms with van der Waals surface area (Å²) in [4.78, 5) is 156. The Morgan fingerprint density at radius 2 is 0.747 bits per heavy atom. The third-order valence-electron chi connectivity index (χ3n) is 12.7. The third-order valence-corrected chi connectivity index (χ3v) is 12.7. The van der Waals surface area contributed by atoms with Gasteiger partial charge in [0.2, 0.25) is 11.8 Å². The van der Waals surface area contributed by atoms with Crippen molar-refractivity contribution in [2.24, 2.45) is 5.92 Å². The summed E-state index contributed by atoms with van der Waals surface area (Å²) in [6, 6.07) is 0. The van der Waals surface area contributed by atoms with E-state index in [0.717, 1.165) is 4.90 Å². The van der Waals surface area contributed by atoms with Gasteiger partial charge in [-0.1, -0.05) is 6.92 Å². The maximum Gasteiger partial charge on any atom is 0.317 e. The Bertz CT molecular complexity index is 1910. The zero-order valence-corrected chi connectivity index (χ0v) is 42.9. The van der Waals surface area contributed by atoms with E-state index in [2.05, 4.69) is 0 Å². The highest BCUT2D eigenvalue weighted by molar-refractivity contribution is 6.12. The molecular formula is C47H74N10O18. The molecule has 1 atom stereocenters. The second kappa shape index (κ2) is 35.9. The Morgan fingerprint density at radius 1 is 0.467 bits per heavy atom. The van der Waals surface area contributed by atoms with Crippen LogP contribution in [0.4, 0.5) is 0 Å². The Morgan fingerprint density at radius 3 is 1.01 bits per heavy atom. The van der Waals surface area contributed by atoms with Gasteiger partial charge in [0.15, 0.2) is 0 Å². The van der Waals surface area contributed by atoms with E-state index < -0.39 is 11.9 Å². The molecule has 0 radical (unpaired) electrons. The lowest BCUT2D eigenvalue weighted by Crippen LogP contribution is -2.48. The molecule has 3 fully saturated rings. The number of amides is 4. The molecule has 0 aromatic rings. The molecule has 4 rings (SSSR count). The zero-order valence-electron chi connectivity index (χ0n) is 42.9. The number of carbonyl (C=O) groups is 12. The Kier molecular flexibility index (Phi) is 30.3. The molecule has 3 saturated heterocycles.